The number of aromatic nitrogens is 2. The number of nitrogens with zero attached hydrogens (tertiary/aromatic N) is 2. The van der Waals surface area contributed by atoms with Gasteiger partial charge in [-0.3, -0.25) is 4.68 Å². The van der Waals surface area contributed by atoms with Crippen LogP contribution in [0, 0.1) is 0 Å². The summed E-state index contributed by atoms with van der Waals surface area (Å²) in [7, 11) is 0. The zero-order valence-corrected chi connectivity index (χ0v) is 11.4. The van der Waals surface area contributed by atoms with Crippen molar-refractivity contribution in [1.82, 2.24) is 15.1 Å². The van der Waals surface area contributed by atoms with E-state index in [0.29, 0.717) is 6.04 Å². The fraction of sp³-hybridized carbons (Fsp3) is 0.643. The summed E-state index contributed by atoms with van der Waals surface area (Å²) in [5.74, 6) is 0. The summed E-state index contributed by atoms with van der Waals surface area (Å²) in [6, 6.07) is 2.71. The first-order valence-electron chi connectivity index (χ1n) is 6.64. The van der Waals surface area contributed by atoms with Gasteiger partial charge in [-0.1, -0.05) is 19.9 Å². The van der Waals surface area contributed by atoms with Crippen molar-refractivity contribution >= 4 is 0 Å². The summed E-state index contributed by atoms with van der Waals surface area (Å²) < 4.78 is 2.12. The lowest BCUT2D eigenvalue weighted by Gasteiger charge is -2.16. The number of likely N-dealkylation sites (N-methyl/N-ethyl adjacent to an activating group) is 1. The van der Waals surface area contributed by atoms with Crippen molar-refractivity contribution in [2.45, 2.75) is 52.6 Å². The smallest absolute Gasteiger partial charge is 0.0624 e. The van der Waals surface area contributed by atoms with Crippen molar-refractivity contribution in [2.75, 3.05) is 6.54 Å². The summed E-state index contributed by atoms with van der Waals surface area (Å²) in [4.78, 5) is 0. The zero-order chi connectivity index (χ0) is 12.7. The fourth-order valence-electron chi connectivity index (χ4n) is 2.11. The molecule has 3 nitrogen and oxygen atoms in total. The van der Waals surface area contributed by atoms with Gasteiger partial charge in [0.25, 0.3) is 0 Å². The molecule has 0 spiro atoms. The molecule has 0 saturated carbocycles. The molecule has 0 aromatic carbocycles. The van der Waals surface area contributed by atoms with E-state index in [9.17, 15) is 0 Å². The Morgan fingerprint density at radius 3 is 2.76 bits per heavy atom. The normalized spacial score (nSPS) is 12.6. The lowest BCUT2D eigenvalue weighted by Crippen LogP contribution is -2.31. The molecule has 3 heteroatoms. The minimum absolute atomic E-state index is 0.476. The van der Waals surface area contributed by atoms with Gasteiger partial charge in [-0.25, -0.2) is 0 Å². The molecule has 0 amide bonds. The Balaban J connectivity index is 2.75. The second-order valence-corrected chi connectivity index (χ2v) is 4.28. The van der Waals surface area contributed by atoms with Crippen LogP contribution in [0.1, 0.15) is 38.6 Å². The van der Waals surface area contributed by atoms with Gasteiger partial charge in [0.15, 0.2) is 0 Å². The molecule has 1 heterocycles. The van der Waals surface area contributed by atoms with Gasteiger partial charge in [-0.05, 0) is 32.4 Å². The van der Waals surface area contributed by atoms with Gasteiger partial charge >= 0.3 is 0 Å². The topological polar surface area (TPSA) is 29.9 Å². The molecule has 1 unspecified atom stereocenters. The average Bonchev–Trinajstić information content (AvgIpc) is 2.72. The molecule has 1 rings (SSSR count). The van der Waals surface area contributed by atoms with E-state index in [0.717, 1.165) is 32.4 Å². The molecule has 96 valence electrons. The lowest BCUT2D eigenvalue weighted by atomic mass is 10.1. The first-order valence-corrected chi connectivity index (χ1v) is 6.64. The monoisotopic (exact) mass is 235 g/mol. The number of nitrogens with one attached hydrogen (secondary N) is 1. The van der Waals surface area contributed by atoms with Crippen molar-refractivity contribution in [1.29, 1.82) is 0 Å². The van der Waals surface area contributed by atoms with Crippen LogP contribution in [0.4, 0.5) is 0 Å². The van der Waals surface area contributed by atoms with Crippen LogP contribution >= 0.6 is 0 Å². The molecule has 1 aromatic rings. The molecule has 1 atom stereocenters. The maximum atomic E-state index is 4.58. The highest BCUT2D eigenvalue weighted by Gasteiger charge is 2.11. The van der Waals surface area contributed by atoms with Crippen molar-refractivity contribution in [2.24, 2.45) is 0 Å². The fourth-order valence-corrected chi connectivity index (χ4v) is 2.11. The van der Waals surface area contributed by atoms with Crippen LogP contribution in [-0.2, 0) is 19.4 Å². The first-order chi connectivity index (χ1) is 8.24. The molecular weight excluding hydrogens is 210 g/mol. The SMILES string of the molecule is C=CCC(Cc1cc(CC)nn1CC)NCC. The molecular formula is C14H25N3. The maximum absolute atomic E-state index is 4.58. The standard InChI is InChI=1S/C14H25N3/c1-5-9-13(15-7-3)11-14-10-12(6-2)16-17(14)8-4/h5,10,13,15H,1,6-9,11H2,2-4H3. The largest absolute Gasteiger partial charge is 0.314 e. The zero-order valence-electron chi connectivity index (χ0n) is 11.4. The lowest BCUT2D eigenvalue weighted by molar-refractivity contribution is 0.502. The molecule has 0 aliphatic rings. The van der Waals surface area contributed by atoms with Crippen LogP contribution in [0.5, 0.6) is 0 Å². The van der Waals surface area contributed by atoms with E-state index in [1.165, 1.54) is 11.4 Å². The van der Waals surface area contributed by atoms with Gasteiger partial charge < -0.3 is 5.32 Å². The Kier molecular flexibility index (Phi) is 5.98. The van der Waals surface area contributed by atoms with Gasteiger partial charge in [0.2, 0.25) is 0 Å². The number of hydrogen-bond donors (Lipinski definition) is 1. The summed E-state index contributed by atoms with van der Waals surface area (Å²) in [6.07, 6.45) is 5.03. The van der Waals surface area contributed by atoms with Crippen molar-refractivity contribution in [3.05, 3.63) is 30.1 Å². The van der Waals surface area contributed by atoms with E-state index in [-0.39, 0.29) is 0 Å². The molecule has 1 N–H and O–H groups in total. The number of hydrogen-bond acceptors (Lipinski definition) is 2. The molecule has 0 bridgehead atoms. The molecule has 0 saturated heterocycles. The maximum Gasteiger partial charge on any atom is 0.0624 e. The van der Waals surface area contributed by atoms with Gasteiger partial charge in [0.1, 0.15) is 0 Å². The van der Waals surface area contributed by atoms with E-state index >= 15 is 0 Å². The Morgan fingerprint density at radius 1 is 1.47 bits per heavy atom. The molecule has 1 aromatic heterocycles. The van der Waals surface area contributed by atoms with Crippen LogP contribution in [0.2, 0.25) is 0 Å². The highest BCUT2D eigenvalue weighted by Crippen LogP contribution is 2.10. The summed E-state index contributed by atoms with van der Waals surface area (Å²) in [6.45, 7) is 12.2. The van der Waals surface area contributed by atoms with Gasteiger partial charge in [-0.15, -0.1) is 6.58 Å². The number of rotatable bonds is 8. The van der Waals surface area contributed by atoms with E-state index < -0.39 is 0 Å². The van der Waals surface area contributed by atoms with E-state index in [2.05, 4.69) is 48.5 Å². The van der Waals surface area contributed by atoms with Crippen LogP contribution in [0.3, 0.4) is 0 Å². The Labute approximate surface area is 105 Å². The van der Waals surface area contributed by atoms with Gasteiger partial charge in [-0.2, -0.15) is 5.10 Å². The third kappa shape index (κ3) is 4.00. The second kappa shape index (κ2) is 7.28. The van der Waals surface area contributed by atoms with Crippen LogP contribution in [-0.4, -0.2) is 22.4 Å². The molecule has 0 fully saturated rings. The quantitative estimate of drug-likeness (QED) is 0.702. The molecule has 0 aliphatic heterocycles. The predicted octanol–water partition coefficient (Wildman–Crippen LogP) is 2.56. The predicted molar refractivity (Wildman–Crippen MR) is 73.3 cm³/mol. The van der Waals surface area contributed by atoms with Gasteiger partial charge in [0.05, 0.1) is 5.69 Å². The van der Waals surface area contributed by atoms with Crippen molar-refractivity contribution < 1.29 is 0 Å². The summed E-state index contributed by atoms with van der Waals surface area (Å²) in [5.41, 5.74) is 2.52. The molecule has 0 aliphatic carbocycles. The first kappa shape index (κ1) is 14.0. The Hall–Kier alpha value is -1.09. The third-order valence-corrected chi connectivity index (χ3v) is 2.98. The Morgan fingerprint density at radius 2 is 2.24 bits per heavy atom. The minimum Gasteiger partial charge on any atom is -0.314 e. The average molecular weight is 235 g/mol. The Bertz CT molecular complexity index is 341. The summed E-state index contributed by atoms with van der Waals surface area (Å²) >= 11 is 0. The van der Waals surface area contributed by atoms with E-state index in [1.54, 1.807) is 0 Å². The minimum atomic E-state index is 0.476. The summed E-state index contributed by atoms with van der Waals surface area (Å²) in [5, 5.41) is 8.08. The van der Waals surface area contributed by atoms with Crippen molar-refractivity contribution in [3.8, 4) is 0 Å². The highest BCUT2D eigenvalue weighted by atomic mass is 15.3. The van der Waals surface area contributed by atoms with E-state index in [4.69, 9.17) is 0 Å². The molecule has 0 radical (unpaired) electrons. The van der Waals surface area contributed by atoms with E-state index in [1.807, 2.05) is 6.08 Å². The number of aryl methyl sites for hydroxylation is 2. The van der Waals surface area contributed by atoms with Crippen LogP contribution in [0.15, 0.2) is 18.7 Å². The van der Waals surface area contributed by atoms with Crippen molar-refractivity contribution in [3.63, 3.8) is 0 Å². The second-order valence-electron chi connectivity index (χ2n) is 4.28. The highest BCUT2D eigenvalue weighted by molar-refractivity contribution is 5.12. The van der Waals surface area contributed by atoms with Crippen LogP contribution < -0.4 is 5.32 Å². The van der Waals surface area contributed by atoms with Crippen LogP contribution in [0.25, 0.3) is 0 Å². The van der Waals surface area contributed by atoms with Gasteiger partial charge in [0, 0.05) is 24.7 Å². The molecule has 17 heavy (non-hydrogen) atoms. The third-order valence-electron chi connectivity index (χ3n) is 2.98.